The normalized spacial score (nSPS) is 21.4. The minimum absolute atomic E-state index is 0.0817. The molecule has 0 spiro atoms. The average molecular weight is 540 g/mol. The van der Waals surface area contributed by atoms with Crippen molar-refractivity contribution in [2.75, 3.05) is 6.61 Å². The van der Waals surface area contributed by atoms with Gasteiger partial charge in [-0.15, -0.1) is 0 Å². The zero-order valence-electron chi connectivity index (χ0n) is 18.9. The van der Waals surface area contributed by atoms with E-state index in [1.807, 2.05) is 35.3 Å². The highest BCUT2D eigenvalue weighted by atomic mass is 35.5. The molecule has 4 atom stereocenters. The quantitative estimate of drug-likeness (QED) is 0.335. The largest absolute Gasteiger partial charge is 0.406 e. The Morgan fingerprint density at radius 1 is 1.17 bits per heavy atom. The maximum absolute atomic E-state index is 13.7. The van der Waals surface area contributed by atoms with Gasteiger partial charge in [0.1, 0.15) is 12.3 Å². The Hall–Kier alpha value is -2.63. The molecule has 0 radical (unpaired) electrons. The number of aromatic amines is 1. The third-order valence-electron chi connectivity index (χ3n) is 5.52. The van der Waals surface area contributed by atoms with Crippen molar-refractivity contribution < 1.29 is 27.8 Å². The summed E-state index contributed by atoms with van der Waals surface area (Å²) >= 11 is 6.17. The number of nitrogens with one attached hydrogen (secondary N) is 2. The van der Waals surface area contributed by atoms with E-state index in [2.05, 4.69) is 5.09 Å². The van der Waals surface area contributed by atoms with E-state index in [0.29, 0.717) is 16.8 Å². The van der Waals surface area contributed by atoms with E-state index in [1.165, 1.54) is 0 Å². The van der Waals surface area contributed by atoms with E-state index in [1.54, 1.807) is 24.3 Å². The lowest BCUT2D eigenvalue weighted by atomic mass is 10.2. The van der Waals surface area contributed by atoms with Crippen molar-refractivity contribution in [2.45, 2.75) is 38.0 Å². The van der Waals surface area contributed by atoms with E-state index < -0.39 is 43.2 Å². The molecular weight excluding hydrogens is 516 g/mol. The molecule has 2 aromatic carbocycles. The van der Waals surface area contributed by atoms with Crippen molar-refractivity contribution in [3.8, 4) is 0 Å². The molecule has 0 aliphatic carbocycles. The molecule has 4 rings (SSSR count). The Labute approximate surface area is 210 Å². The van der Waals surface area contributed by atoms with Crippen LogP contribution in [0.5, 0.6) is 0 Å². The lowest BCUT2D eigenvalue weighted by Crippen LogP contribution is -2.34. The molecule has 1 aliphatic rings. The number of H-pyrrole nitrogens is 1. The second-order valence-electron chi connectivity index (χ2n) is 8.05. The van der Waals surface area contributed by atoms with Gasteiger partial charge in [0.15, 0.2) is 0 Å². The first-order valence-corrected chi connectivity index (χ1v) is 12.9. The van der Waals surface area contributed by atoms with Gasteiger partial charge in [-0.1, -0.05) is 60.1 Å². The summed E-state index contributed by atoms with van der Waals surface area (Å²) in [6.07, 6.45) is -2.56. The van der Waals surface area contributed by atoms with Gasteiger partial charge in [0, 0.05) is 18.0 Å². The van der Waals surface area contributed by atoms with Crippen LogP contribution in [0.4, 0.5) is 4.39 Å². The zero-order chi connectivity index (χ0) is 25.7. The van der Waals surface area contributed by atoms with E-state index in [9.17, 15) is 23.7 Å². The van der Waals surface area contributed by atoms with E-state index >= 15 is 0 Å². The molecule has 1 aliphatic heterocycles. The predicted molar refractivity (Wildman–Crippen MR) is 129 cm³/mol. The number of hydrogen-bond donors (Lipinski definition) is 3. The maximum atomic E-state index is 13.7. The highest BCUT2D eigenvalue weighted by Crippen LogP contribution is 2.46. The Morgan fingerprint density at radius 2 is 1.89 bits per heavy atom. The number of aliphatic hydroxyl groups is 1. The van der Waals surface area contributed by atoms with Crippen LogP contribution in [0.3, 0.4) is 0 Å². The van der Waals surface area contributed by atoms with Gasteiger partial charge in [-0.2, -0.15) is 4.39 Å². The number of ether oxygens (including phenoxy) is 1. The molecule has 1 aromatic heterocycles. The van der Waals surface area contributed by atoms with Gasteiger partial charge in [0.2, 0.25) is 5.82 Å². The molecule has 0 amide bonds. The summed E-state index contributed by atoms with van der Waals surface area (Å²) in [7, 11) is -3.94. The minimum Gasteiger partial charge on any atom is -0.390 e. The summed E-state index contributed by atoms with van der Waals surface area (Å²) in [6.45, 7) is -0.301. The lowest BCUT2D eigenvalue weighted by molar-refractivity contribution is -0.0442. The Balaban J connectivity index is 1.45. The van der Waals surface area contributed by atoms with Crippen LogP contribution in [0.1, 0.15) is 23.8 Å². The number of nitrogens with zero attached hydrogens (tertiary/aromatic N) is 1. The molecular formula is C23H24ClFN3O7P. The van der Waals surface area contributed by atoms with E-state index in [0.717, 1.165) is 10.1 Å². The standard InChI is InChI=1S/C23H24ClFN3O7P/c24-17-9-5-4-8-16(17)13-33-36(32,26-11-15-6-2-1-3-7-15)34-14-20-19(29)10-21(35-20)28-12-18(25)22(30)27-23(28)31/h1-9,12,19-21,29H,10-11,13-14H2,(H,26,32)(H,27,30,31)/t19-,20+,21+,36?/m0/s1. The zero-order valence-corrected chi connectivity index (χ0v) is 20.5. The van der Waals surface area contributed by atoms with Crippen LogP contribution < -0.4 is 16.3 Å². The second-order valence-corrected chi connectivity index (χ2v) is 10.3. The molecule has 13 heteroatoms. The van der Waals surface area contributed by atoms with Crippen molar-refractivity contribution in [2.24, 2.45) is 0 Å². The van der Waals surface area contributed by atoms with Crippen molar-refractivity contribution in [3.63, 3.8) is 0 Å². The molecule has 3 N–H and O–H groups in total. The van der Waals surface area contributed by atoms with Crippen molar-refractivity contribution in [1.82, 2.24) is 14.6 Å². The number of halogens is 2. The van der Waals surface area contributed by atoms with Crippen molar-refractivity contribution >= 4 is 19.3 Å². The van der Waals surface area contributed by atoms with E-state index in [4.69, 9.17) is 25.4 Å². The first-order chi connectivity index (χ1) is 17.2. The minimum atomic E-state index is -3.94. The molecule has 1 unspecified atom stereocenters. The molecule has 192 valence electrons. The summed E-state index contributed by atoms with van der Waals surface area (Å²) in [5.41, 5.74) is -0.616. The molecule has 10 nitrogen and oxygen atoms in total. The Bertz CT molecular complexity index is 1350. The molecule has 0 bridgehead atoms. The molecule has 0 saturated carbocycles. The molecule has 2 heterocycles. The Kier molecular flexibility index (Phi) is 8.53. The summed E-state index contributed by atoms with van der Waals surface area (Å²) in [5, 5.41) is 13.7. The number of aliphatic hydroxyl groups excluding tert-OH is 1. The van der Waals surface area contributed by atoms with Gasteiger partial charge < -0.3 is 9.84 Å². The van der Waals surface area contributed by atoms with Crippen LogP contribution in [0.25, 0.3) is 0 Å². The van der Waals surface area contributed by atoms with E-state index in [-0.39, 0.29) is 26.2 Å². The smallest absolute Gasteiger partial charge is 0.390 e. The van der Waals surface area contributed by atoms with Crippen LogP contribution in [0.2, 0.25) is 5.02 Å². The highest BCUT2D eigenvalue weighted by Gasteiger charge is 2.38. The van der Waals surface area contributed by atoms with Crippen LogP contribution in [0.15, 0.2) is 70.4 Å². The average Bonchev–Trinajstić information content (AvgIpc) is 3.24. The van der Waals surface area contributed by atoms with Crippen LogP contribution in [-0.4, -0.2) is 33.5 Å². The van der Waals surface area contributed by atoms with Gasteiger partial charge in [0.25, 0.3) is 5.56 Å². The van der Waals surface area contributed by atoms with Gasteiger partial charge in [-0.05, 0) is 17.2 Å². The van der Waals surface area contributed by atoms with Gasteiger partial charge >= 0.3 is 13.4 Å². The number of hydrogen-bond acceptors (Lipinski definition) is 7. The van der Waals surface area contributed by atoms with Crippen LogP contribution in [0, 0.1) is 5.82 Å². The fourth-order valence-corrected chi connectivity index (χ4v) is 5.04. The van der Waals surface area contributed by atoms with Crippen molar-refractivity contribution in [1.29, 1.82) is 0 Å². The highest BCUT2D eigenvalue weighted by molar-refractivity contribution is 7.51. The predicted octanol–water partition coefficient (Wildman–Crippen LogP) is 3.11. The lowest BCUT2D eigenvalue weighted by Gasteiger charge is -2.22. The second kappa shape index (κ2) is 11.6. The SMILES string of the molecule is O=c1[nH]c(=O)n([C@H]2C[C@H](O)[C@@H](COP(=O)(NCc3ccccc3)OCc3ccccc3Cl)O2)cc1F. The van der Waals surface area contributed by atoms with Crippen LogP contribution in [-0.2, 0) is 31.5 Å². The first kappa shape index (κ1) is 26.4. The fourth-order valence-electron chi connectivity index (χ4n) is 3.56. The van der Waals surface area contributed by atoms with Gasteiger partial charge in [-0.3, -0.25) is 23.4 Å². The first-order valence-electron chi connectivity index (χ1n) is 11.0. The van der Waals surface area contributed by atoms with Gasteiger partial charge in [0.05, 0.1) is 25.5 Å². The van der Waals surface area contributed by atoms with Crippen LogP contribution >= 0.6 is 19.3 Å². The number of rotatable bonds is 10. The third-order valence-corrected chi connectivity index (χ3v) is 7.39. The summed E-state index contributed by atoms with van der Waals surface area (Å²) in [4.78, 5) is 25.2. The van der Waals surface area contributed by atoms with Crippen molar-refractivity contribution in [3.05, 3.63) is 104 Å². The maximum Gasteiger partial charge on any atom is 0.406 e. The monoisotopic (exact) mass is 539 g/mol. The topological polar surface area (TPSA) is 132 Å². The molecule has 3 aromatic rings. The molecule has 1 fully saturated rings. The summed E-state index contributed by atoms with van der Waals surface area (Å²) < 4.78 is 44.9. The number of benzene rings is 2. The fraction of sp³-hybridized carbons (Fsp3) is 0.304. The summed E-state index contributed by atoms with van der Waals surface area (Å²) in [6, 6.07) is 16.1. The molecule has 36 heavy (non-hydrogen) atoms. The van der Waals surface area contributed by atoms with Gasteiger partial charge in [-0.25, -0.2) is 14.4 Å². The third kappa shape index (κ3) is 6.57. The molecule has 1 saturated heterocycles. The summed E-state index contributed by atoms with van der Waals surface area (Å²) in [5.74, 6) is -1.17. The Morgan fingerprint density at radius 3 is 2.64 bits per heavy atom. The number of aromatic nitrogens is 2.